The van der Waals surface area contributed by atoms with E-state index in [4.69, 9.17) is 0 Å². The average Bonchev–Trinajstić information content (AvgIpc) is 3.14. The first-order valence-electron chi connectivity index (χ1n) is 8.18. The second-order valence-corrected chi connectivity index (χ2v) is 6.90. The summed E-state index contributed by atoms with van der Waals surface area (Å²) >= 11 is 0. The fourth-order valence-corrected chi connectivity index (χ4v) is 3.77. The van der Waals surface area contributed by atoms with Gasteiger partial charge in [0.1, 0.15) is 0 Å². The van der Waals surface area contributed by atoms with Crippen LogP contribution in [0, 0.1) is 23.7 Å². The molecule has 1 aliphatic heterocycles. The van der Waals surface area contributed by atoms with Gasteiger partial charge in [-0.15, -0.1) is 0 Å². The first kappa shape index (κ1) is 13.9. The lowest BCUT2D eigenvalue weighted by Crippen LogP contribution is -2.42. The molecule has 2 saturated carbocycles. The van der Waals surface area contributed by atoms with E-state index in [0.717, 1.165) is 44.8 Å². The molecule has 0 aromatic rings. The van der Waals surface area contributed by atoms with E-state index in [2.05, 4.69) is 10.2 Å². The Labute approximate surface area is 121 Å². The van der Waals surface area contributed by atoms with Gasteiger partial charge in [-0.2, -0.15) is 0 Å². The Hall–Kier alpha value is -1.06. The van der Waals surface area contributed by atoms with E-state index in [1.54, 1.807) is 6.92 Å². The van der Waals surface area contributed by atoms with E-state index in [-0.39, 0.29) is 5.91 Å². The molecule has 3 fully saturated rings. The van der Waals surface area contributed by atoms with Crippen molar-refractivity contribution in [2.75, 3.05) is 19.6 Å². The SMILES string of the molecule is CC(=O)NCC1CCN(C(=O)C2CC2C2CCC2)CC1. The Kier molecular flexibility index (Phi) is 3.99. The number of carbonyl (C=O) groups excluding carboxylic acids is 2. The van der Waals surface area contributed by atoms with Gasteiger partial charge in [0.05, 0.1) is 0 Å². The van der Waals surface area contributed by atoms with Crippen LogP contribution in [0.5, 0.6) is 0 Å². The summed E-state index contributed by atoms with van der Waals surface area (Å²) in [5.41, 5.74) is 0. The standard InChI is InChI=1S/C16H26N2O2/c1-11(19)17-10-12-5-7-18(8-6-12)16(20)15-9-14(15)13-3-2-4-13/h12-15H,2-10H2,1H3,(H,17,19). The Morgan fingerprint density at radius 3 is 2.40 bits per heavy atom. The maximum atomic E-state index is 12.4. The molecule has 2 unspecified atom stereocenters. The molecule has 0 radical (unpaired) electrons. The number of hydrogen-bond donors (Lipinski definition) is 1. The van der Waals surface area contributed by atoms with E-state index >= 15 is 0 Å². The number of carbonyl (C=O) groups is 2. The zero-order valence-electron chi connectivity index (χ0n) is 12.4. The number of rotatable bonds is 4. The third-order valence-corrected chi connectivity index (χ3v) is 5.48. The maximum absolute atomic E-state index is 12.4. The van der Waals surface area contributed by atoms with E-state index in [1.165, 1.54) is 19.3 Å². The van der Waals surface area contributed by atoms with Crippen LogP contribution in [0.4, 0.5) is 0 Å². The van der Waals surface area contributed by atoms with Gasteiger partial charge in [0.2, 0.25) is 11.8 Å². The molecule has 1 N–H and O–H groups in total. The molecule has 20 heavy (non-hydrogen) atoms. The molecule has 4 heteroatoms. The first-order chi connectivity index (χ1) is 9.65. The van der Waals surface area contributed by atoms with Crippen molar-refractivity contribution in [2.45, 2.75) is 45.4 Å². The first-order valence-corrected chi connectivity index (χ1v) is 8.18. The molecule has 3 rings (SSSR count). The van der Waals surface area contributed by atoms with Crippen LogP contribution in [-0.4, -0.2) is 36.3 Å². The lowest BCUT2D eigenvalue weighted by atomic mass is 9.81. The highest BCUT2D eigenvalue weighted by Gasteiger charge is 2.50. The van der Waals surface area contributed by atoms with Crippen LogP contribution < -0.4 is 5.32 Å². The average molecular weight is 278 g/mol. The third kappa shape index (κ3) is 2.99. The van der Waals surface area contributed by atoms with E-state index in [0.29, 0.717) is 23.7 Å². The summed E-state index contributed by atoms with van der Waals surface area (Å²) < 4.78 is 0. The molecule has 2 aliphatic carbocycles. The molecule has 0 aromatic carbocycles. The van der Waals surface area contributed by atoms with Crippen molar-refractivity contribution in [1.29, 1.82) is 0 Å². The van der Waals surface area contributed by atoms with Gasteiger partial charge in [0.15, 0.2) is 0 Å². The predicted octanol–water partition coefficient (Wildman–Crippen LogP) is 1.80. The van der Waals surface area contributed by atoms with Gasteiger partial charge in [-0.25, -0.2) is 0 Å². The van der Waals surface area contributed by atoms with E-state index in [9.17, 15) is 9.59 Å². The molecule has 112 valence electrons. The topological polar surface area (TPSA) is 49.4 Å². The Bertz CT molecular complexity index is 384. The van der Waals surface area contributed by atoms with Gasteiger partial charge in [-0.1, -0.05) is 19.3 Å². The zero-order chi connectivity index (χ0) is 14.1. The summed E-state index contributed by atoms with van der Waals surface area (Å²) in [5.74, 6) is 2.94. The van der Waals surface area contributed by atoms with Crippen molar-refractivity contribution in [3.05, 3.63) is 0 Å². The van der Waals surface area contributed by atoms with Crippen molar-refractivity contribution in [1.82, 2.24) is 10.2 Å². The van der Waals surface area contributed by atoms with Crippen LogP contribution in [-0.2, 0) is 9.59 Å². The normalized spacial score (nSPS) is 30.8. The Balaban J connectivity index is 1.39. The van der Waals surface area contributed by atoms with Crippen LogP contribution in [0.3, 0.4) is 0 Å². The van der Waals surface area contributed by atoms with Crippen molar-refractivity contribution in [3.63, 3.8) is 0 Å². The van der Waals surface area contributed by atoms with Gasteiger partial charge < -0.3 is 10.2 Å². The number of amides is 2. The van der Waals surface area contributed by atoms with Gasteiger partial charge >= 0.3 is 0 Å². The Morgan fingerprint density at radius 2 is 1.85 bits per heavy atom. The number of nitrogens with zero attached hydrogens (tertiary/aromatic N) is 1. The lowest BCUT2D eigenvalue weighted by Gasteiger charge is -2.33. The highest BCUT2D eigenvalue weighted by Crippen LogP contribution is 2.52. The van der Waals surface area contributed by atoms with Gasteiger partial charge in [-0.3, -0.25) is 9.59 Å². The largest absolute Gasteiger partial charge is 0.356 e. The van der Waals surface area contributed by atoms with Crippen LogP contribution in [0.15, 0.2) is 0 Å². The van der Waals surface area contributed by atoms with E-state index < -0.39 is 0 Å². The molecule has 1 saturated heterocycles. The maximum Gasteiger partial charge on any atom is 0.225 e. The monoisotopic (exact) mass is 278 g/mol. The molecular weight excluding hydrogens is 252 g/mol. The fraction of sp³-hybridized carbons (Fsp3) is 0.875. The summed E-state index contributed by atoms with van der Waals surface area (Å²) in [4.78, 5) is 25.4. The molecule has 0 bridgehead atoms. The fourth-order valence-electron chi connectivity index (χ4n) is 3.77. The molecule has 1 heterocycles. The number of likely N-dealkylation sites (tertiary alicyclic amines) is 1. The highest BCUT2D eigenvalue weighted by molar-refractivity contribution is 5.81. The molecule has 2 atom stereocenters. The van der Waals surface area contributed by atoms with Crippen molar-refractivity contribution >= 4 is 11.8 Å². The quantitative estimate of drug-likeness (QED) is 0.852. The summed E-state index contributed by atoms with van der Waals surface area (Å²) in [7, 11) is 0. The molecule has 4 nitrogen and oxygen atoms in total. The van der Waals surface area contributed by atoms with Crippen LogP contribution in [0.25, 0.3) is 0 Å². The van der Waals surface area contributed by atoms with E-state index in [1.807, 2.05) is 0 Å². The molecule has 2 amide bonds. The predicted molar refractivity (Wildman–Crippen MR) is 76.9 cm³/mol. The van der Waals surface area contributed by atoms with Crippen molar-refractivity contribution < 1.29 is 9.59 Å². The number of hydrogen-bond acceptors (Lipinski definition) is 2. The summed E-state index contributed by atoms with van der Waals surface area (Å²) in [6.45, 7) is 4.10. The Morgan fingerprint density at radius 1 is 1.15 bits per heavy atom. The van der Waals surface area contributed by atoms with Gasteiger partial charge in [0.25, 0.3) is 0 Å². The van der Waals surface area contributed by atoms with Crippen LogP contribution in [0.1, 0.15) is 45.4 Å². The van der Waals surface area contributed by atoms with Crippen molar-refractivity contribution in [2.24, 2.45) is 23.7 Å². The summed E-state index contributed by atoms with van der Waals surface area (Å²) in [6.07, 6.45) is 7.30. The third-order valence-electron chi connectivity index (χ3n) is 5.48. The lowest BCUT2D eigenvalue weighted by molar-refractivity contribution is -0.134. The van der Waals surface area contributed by atoms with Gasteiger partial charge in [-0.05, 0) is 37.0 Å². The second kappa shape index (κ2) is 5.74. The highest BCUT2D eigenvalue weighted by atomic mass is 16.2. The van der Waals surface area contributed by atoms with Crippen molar-refractivity contribution in [3.8, 4) is 0 Å². The molecule has 0 spiro atoms. The minimum absolute atomic E-state index is 0.0461. The summed E-state index contributed by atoms with van der Waals surface area (Å²) in [5, 5.41) is 2.89. The van der Waals surface area contributed by atoms with Gasteiger partial charge in [0, 0.05) is 32.5 Å². The smallest absolute Gasteiger partial charge is 0.225 e. The molecule has 3 aliphatic rings. The minimum atomic E-state index is 0.0461. The molecular formula is C16H26N2O2. The van der Waals surface area contributed by atoms with Crippen LogP contribution >= 0.6 is 0 Å². The van der Waals surface area contributed by atoms with Crippen LogP contribution in [0.2, 0.25) is 0 Å². The number of nitrogens with one attached hydrogen (secondary N) is 1. The second-order valence-electron chi connectivity index (χ2n) is 6.90. The summed E-state index contributed by atoms with van der Waals surface area (Å²) in [6, 6.07) is 0. The number of piperidine rings is 1. The minimum Gasteiger partial charge on any atom is -0.356 e. The molecule has 0 aromatic heterocycles. The zero-order valence-corrected chi connectivity index (χ0v) is 12.4.